The number of aromatic nitrogens is 1. The molecule has 0 fully saturated rings. The molecule has 2 heterocycles. The number of Topliss-reactive ketones (excluding diaryl/α,β-unsaturated/α-hetero) is 1. The summed E-state index contributed by atoms with van der Waals surface area (Å²) >= 11 is 1.36. The number of cyclic esters (lactones) is 1. The predicted molar refractivity (Wildman–Crippen MR) is 138 cm³/mol. The average Bonchev–Trinajstić information content (AvgIpc) is 3.26. The zero-order chi connectivity index (χ0) is 26.3. The van der Waals surface area contributed by atoms with Crippen molar-refractivity contribution in [1.82, 2.24) is 4.98 Å². The summed E-state index contributed by atoms with van der Waals surface area (Å²) in [5.41, 5.74) is 1.46. The second-order valence-corrected chi connectivity index (χ2v) is 11.4. The Labute approximate surface area is 212 Å². The maximum Gasteiger partial charge on any atom is 0.309 e. The summed E-state index contributed by atoms with van der Waals surface area (Å²) in [7, 11) is 0. The monoisotopic (exact) mass is 507 g/mol. The van der Waals surface area contributed by atoms with Crippen molar-refractivity contribution in [3.63, 3.8) is 0 Å². The van der Waals surface area contributed by atoms with Gasteiger partial charge in [0, 0.05) is 11.3 Å². The second-order valence-electron chi connectivity index (χ2n) is 10.4. The molecule has 8 heteroatoms. The number of allylic oxidation sites excluding steroid dienone is 2. The molecule has 3 N–H and O–H groups in total. The number of thiazole rings is 1. The van der Waals surface area contributed by atoms with Gasteiger partial charge < -0.3 is 20.1 Å². The quantitative estimate of drug-likeness (QED) is 0.409. The zero-order valence-corrected chi connectivity index (χ0v) is 22.6. The van der Waals surface area contributed by atoms with Gasteiger partial charge in [0.25, 0.3) is 0 Å². The minimum Gasteiger partial charge on any atom is -0.458 e. The molecule has 1 aliphatic rings. The fourth-order valence-corrected chi connectivity index (χ4v) is 5.02. The first-order valence-electron chi connectivity index (χ1n) is 12.4. The molecule has 0 unspecified atom stereocenters. The van der Waals surface area contributed by atoms with E-state index in [4.69, 9.17) is 4.74 Å². The fourth-order valence-electron chi connectivity index (χ4n) is 4.41. The number of nitrogens with zero attached hydrogens (tertiary/aromatic N) is 1. The number of esters is 1. The Morgan fingerprint density at radius 1 is 1.26 bits per heavy atom. The van der Waals surface area contributed by atoms with Crippen LogP contribution in [0, 0.1) is 17.3 Å². The molecular weight excluding hydrogens is 466 g/mol. The van der Waals surface area contributed by atoms with E-state index in [0.717, 1.165) is 30.4 Å². The van der Waals surface area contributed by atoms with Crippen LogP contribution < -0.4 is 0 Å². The third-order valence-electron chi connectivity index (χ3n) is 7.11. The third-order valence-corrected chi connectivity index (χ3v) is 7.97. The fraction of sp³-hybridized carbons (Fsp3) is 0.667. The summed E-state index contributed by atoms with van der Waals surface area (Å²) in [5.74, 6) is -1.60. The molecule has 0 aliphatic carbocycles. The van der Waals surface area contributed by atoms with Crippen molar-refractivity contribution in [2.75, 3.05) is 0 Å². The third kappa shape index (κ3) is 8.07. The van der Waals surface area contributed by atoms with Crippen LogP contribution in [0.5, 0.6) is 0 Å². The molecular formula is C27H41NO6S. The van der Waals surface area contributed by atoms with E-state index < -0.39 is 35.6 Å². The van der Waals surface area contributed by atoms with Gasteiger partial charge in [-0.05, 0) is 57.1 Å². The van der Waals surface area contributed by atoms with Crippen LogP contribution in [0.2, 0.25) is 0 Å². The number of hydrogen-bond acceptors (Lipinski definition) is 8. The van der Waals surface area contributed by atoms with Crippen molar-refractivity contribution in [2.45, 2.75) is 98.6 Å². The van der Waals surface area contributed by atoms with Gasteiger partial charge in [0.15, 0.2) is 0 Å². The lowest BCUT2D eigenvalue weighted by Gasteiger charge is -2.34. The SMILES string of the molecule is C/C1=C/CC[C@H](C)[C@H](O)[C@@H](C)C(=O)C(C)(C)[C@@H](O)CC(=O)O[C@H](/C(C)=C/c2csc(CO)n2)CC1. The zero-order valence-electron chi connectivity index (χ0n) is 21.8. The normalized spacial score (nSPS) is 31.5. The highest BCUT2D eigenvalue weighted by Gasteiger charge is 2.42. The molecule has 0 bridgehead atoms. The van der Waals surface area contributed by atoms with Crippen LogP contribution in [0.3, 0.4) is 0 Å². The minimum atomic E-state index is -1.24. The van der Waals surface area contributed by atoms with E-state index in [0.29, 0.717) is 17.1 Å². The number of aliphatic hydroxyl groups is 3. The number of carbonyl (C=O) groups excluding carboxylic acids is 2. The van der Waals surface area contributed by atoms with Crippen molar-refractivity contribution in [3.05, 3.63) is 33.3 Å². The Morgan fingerprint density at radius 2 is 1.94 bits per heavy atom. The largest absolute Gasteiger partial charge is 0.458 e. The molecule has 0 radical (unpaired) electrons. The summed E-state index contributed by atoms with van der Waals surface area (Å²) in [4.78, 5) is 30.4. The van der Waals surface area contributed by atoms with Crippen LogP contribution in [0.1, 0.15) is 84.3 Å². The van der Waals surface area contributed by atoms with Gasteiger partial charge in [0.2, 0.25) is 0 Å². The molecule has 196 valence electrons. The standard InChI is InChI=1S/C27H41NO6S/c1-16-8-7-9-17(2)25(32)19(4)26(33)27(5,6)22(30)13-24(31)34-21(11-10-16)18(3)12-20-15-35-23(14-29)28-20/h8,12,15,17,19,21-22,25,29-30,32H,7,9-11,13-14H2,1-6H3/b16-8-,18-12+/t17-,19+,21-,22-,25-/m0/s1. The van der Waals surface area contributed by atoms with Crippen molar-refractivity contribution < 1.29 is 29.6 Å². The molecule has 0 saturated carbocycles. The molecule has 1 aliphatic heterocycles. The Kier molecular flexibility index (Phi) is 10.8. The summed E-state index contributed by atoms with van der Waals surface area (Å²) in [6, 6.07) is 0. The van der Waals surface area contributed by atoms with Gasteiger partial charge in [-0.3, -0.25) is 9.59 Å². The Balaban J connectivity index is 2.32. The van der Waals surface area contributed by atoms with Crippen LogP contribution >= 0.6 is 11.3 Å². The highest BCUT2D eigenvalue weighted by molar-refractivity contribution is 7.09. The molecule has 7 nitrogen and oxygen atoms in total. The van der Waals surface area contributed by atoms with E-state index in [-0.39, 0.29) is 24.7 Å². The maximum atomic E-state index is 13.2. The number of rotatable bonds is 3. The number of ketones is 1. The van der Waals surface area contributed by atoms with E-state index in [2.05, 4.69) is 11.1 Å². The van der Waals surface area contributed by atoms with Gasteiger partial charge in [0.1, 0.15) is 16.9 Å². The summed E-state index contributed by atoms with van der Waals surface area (Å²) < 4.78 is 5.80. The summed E-state index contributed by atoms with van der Waals surface area (Å²) in [5, 5.41) is 33.3. The lowest BCUT2D eigenvalue weighted by atomic mass is 9.73. The van der Waals surface area contributed by atoms with Crippen molar-refractivity contribution in [3.8, 4) is 0 Å². The second kappa shape index (κ2) is 12.9. The van der Waals surface area contributed by atoms with Crippen LogP contribution in [0.25, 0.3) is 6.08 Å². The average molecular weight is 508 g/mol. The van der Waals surface area contributed by atoms with Crippen LogP contribution in [-0.2, 0) is 20.9 Å². The first-order valence-corrected chi connectivity index (χ1v) is 13.2. The van der Waals surface area contributed by atoms with E-state index >= 15 is 0 Å². The van der Waals surface area contributed by atoms with E-state index in [1.165, 1.54) is 11.3 Å². The van der Waals surface area contributed by atoms with Crippen molar-refractivity contribution in [1.29, 1.82) is 0 Å². The lowest BCUT2D eigenvalue weighted by Crippen LogP contribution is -2.45. The van der Waals surface area contributed by atoms with Crippen LogP contribution in [-0.4, -0.2) is 50.4 Å². The molecule has 1 aromatic rings. The molecule has 2 rings (SSSR count). The predicted octanol–water partition coefficient (Wildman–Crippen LogP) is 4.45. The smallest absolute Gasteiger partial charge is 0.309 e. The summed E-state index contributed by atoms with van der Waals surface area (Å²) in [6.07, 6.45) is 3.91. The van der Waals surface area contributed by atoms with Crippen molar-refractivity contribution in [2.24, 2.45) is 17.3 Å². The first-order chi connectivity index (χ1) is 16.4. The summed E-state index contributed by atoms with van der Waals surface area (Å²) in [6.45, 7) is 10.6. The molecule has 0 aromatic carbocycles. The van der Waals surface area contributed by atoms with Gasteiger partial charge >= 0.3 is 5.97 Å². The molecule has 35 heavy (non-hydrogen) atoms. The van der Waals surface area contributed by atoms with Crippen LogP contribution in [0.15, 0.2) is 22.6 Å². The number of ether oxygens (including phenoxy) is 1. The van der Waals surface area contributed by atoms with Gasteiger partial charge in [0.05, 0.1) is 36.3 Å². The van der Waals surface area contributed by atoms with E-state index in [1.807, 2.05) is 32.2 Å². The van der Waals surface area contributed by atoms with Crippen LogP contribution in [0.4, 0.5) is 0 Å². The number of hydrogen-bond donors (Lipinski definition) is 3. The molecule has 0 spiro atoms. The Bertz CT molecular complexity index is 934. The van der Waals surface area contributed by atoms with Crippen molar-refractivity contribution >= 4 is 29.2 Å². The van der Waals surface area contributed by atoms with E-state index in [1.54, 1.807) is 20.8 Å². The van der Waals surface area contributed by atoms with E-state index in [9.17, 15) is 24.9 Å². The molecule has 0 saturated heterocycles. The topological polar surface area (TPSA) is 117 Å². The Morgan fingerprint density at radius 3 is 2.57 bits per heavy atom. The highest BCUT2D eigenvalue weighted by atomic mass is 32.1. The molecule has 5 atom stereocenters. The lowest BCUT2D eigenvalue weighted by molar-refractivity contribution is -0.154. The van der Waals surface area contributed by atoms with Gasteiger partial charge in [-0.1, -0.05) is 39.3 Å². The number of aliphatic hydroxyl groups excluding tert-OH is 3. The van der Waals surface area contributed by atoms with Gasteiger partial charge in [-0.25, -0.2) is 4.98 Å². The Hall–Kier alpha value is -1.87. The first kappa shape index (κ1) is 29.4. The van der Waals surface area contributed by atoms with Gasteiger partial charge in [-0.15, -0.1) is 11.3 Å². The molecule has 0 amide bonds. The number of carbonyl (C=O) groups is 2. The van der Waals surface area contributed by atoms with Gasteiger partial charge in [-0.2, -0.15) is 0 Å². The highest BCUT2D eigenvalue weighted by Crippen LogP contribution is 2.32. The minimum absolute atomic E-state index is 0.0799. The maximum absolute atomic E-state index is 13.2. The molecule has 1 aromatic heterocycles.